The zero-order valence-electron chi connectivity index (χ0n) is 16.3. The van der Waals surface area contributed by atoms with E-state index in [4.69, 9.17) is 22.1 Å². The summed E-state index contributed by atoms with van der Waals surface area (Å²) >= 11 is 6.40. The summed E-state index contributed by atoms with van der Waals surface area (Å²) in [5, 5.41) is 1.72. The molecule has 4 nitrogen and oxygen atoms in total. The third-order valence-electron chi connectivity index (χ3n) is 6.19. The fourth-order valence-corrected chi connectivity index (χ4v) is 4.78. The van der Waals surface area contributed by atoms with E-state index in [2.05, 4.69) is 11.9 Å². The number of aromatic amines is 1. The van der Waals surface area contributed by atoms with Gasteiger partial charge in [0, 0.05) is 23.0 Å². The number of hydrogen-bond donors (Lipinski definition) is 2. The second kappa shape index (κ2) is 7.81. The maximum Gasteiger partial charge on any atom is 0.255 e. The van der Waals surface area contributed by atoms with Crippen LogP contribution >= 0.6 is 11.6 Å². The molecule has 0 spiro atoms. The highest BCUT2D eigenvalue weighted by atomic mass is 35.5. The average molecular weight is 415 g/mol. The first-order valence-corrected chi connectivity index (χ1v) is 10.3. The smallest absolute Gasteiger partial charge is 0.255 e. The quantitative estimate of drug-likeness (QED) is 0.622. The van der Waals surface area contributed by atoms with Crippen molar-refractivity contribution in [3.63, 3.8) is 0 Å². The first-order valence-electron chi connectivity index (χ1n) is 9.92. The van der Waals surface area contributed by atoms with E-state index in [0.29, 0.717) is 16.2 Å². The van der Waals surface area contributed by atoms with Crippen molar-refractivity contribution in [3.05, 3.63) is 75.4 Å². The molecular formula is C23H24ClFN2O2. The van der Waals surface area contributed by atoms with Crippen LogP contribution in [0.3, 0.4) is 0 Å². The monoisotopic (exact) mass is 414 g/mol. The summed E-state index contributed by atoms with van der Waals surface area (Å²) in [5.41, 5.74) is 7.16. The first kappa shape index (κ1) is 19.9. The lowest BCUT2D eigenvalue weighted by Gasteiger charge is -2.36. The van der Waals surface area contributed by atoms with E-state index < -0.39 is 0 Å². The fourth-order valence-electron chi connectivity index (χ4n) is 4.57. The van der Waals surface area contributed by atoms with Gasteiger partial charge in [-0.3, -0.25) is 4.79 Å². The number of rotatable bonds is 5. The van der Waals surface area contributed by atoms with Gasteiger partial charge in [0.1, 0.15) is 11.6 Å². The largest absolute Gasteiger partial charge is 0.489 e. The molecule has 3 N–H and O–H groups in total. The van der Waals surface area contributed by atoms with Crippen LogP contribution in [0.5, 0.6) is 5.75 Å². The summed E-state index contributed by atoms with van der Waals surface area (Å²) in [5.74, 6) is 0.312. The van der Waals surface area contributed by atoms with Crippen molar-refractivity contribution in [2.75, 3.05) is 0 Å². The molecule has 1 aliphatic rings. The van der Waals surface area contributed by atoms with Crippen LogP contribution in [-0.2, 0) is 5.41 Å². The van der Waals surface area contributed by atoms with Gasteiger partial charge in [-0.05, 0) is 67.0 Å². The van der Waals surface area contributed by atoms with Crippen molar-refractivity contribution in [2.45, 2.75) is 50.2 Å². The standard InChI is InChI=1S/C23H24ClFN2O2/c1-2-21(26)23(15-3-5-16(25)6-4-15)9-7-17(13-23)29-20-11-14-8-10-27-22(28)18(14)12-19(20)24/h3-6,8,10-12,17,21H,2,7,9,13,26H2,1H3,(H,27,28). The summed E-state index contributed by atoms with van der Waals surface area (Å²) in [6.45, 7) is 2.07. The molecule has 3 unspecified atom stereocenters. The summed E-state index contributed by atoms with van der Waals surface area (Å²) in [4.78, 5) is 14.6. The predicted molar refractivity (Wildman–Crippen MR) is 114 cm³/mol. The van der Waals surface area contributed by atoms with Crippen LogP contribution < -0.4 is 16.0 Å². The zero-order valence-corrected chi connectivity index (χ0v) is 17.0. The number of nitrogens with one attached hydrogen (secondary N) is 1. The Morgan fingerprint density at radius 1 is 1.31 bits per heavy atom. The van der Waals surface area contributed by atoms with Crippen LogP contribution in [0.4, 0.5) is 4.39 Å². The van der Waals surface area contributed by atoms with Crippen molar-refractivity contribution < 1.29 is 9.13 Å². The summed E-state index contributed by atoms with van der Waals surface area (Å²) in [6, 6.07) is 11.9. The molecule has 0 aliphatic heterocycles. The minimum Gasteiger partial charge on any atom is -0.489 e. The van der Waals surface area contributed by atoms with Crippen LogP contribution in [0.2, 0.25) is 5.02 Å². The minimum atomic E-state index is -0.256. The number of aromatic nitrogens is 1. The third kappa shape index (κ3) is 3.65. The maximum absolute atomic E-state index is 13.5. The highest BCUT2D eigenvalue weighted by molar-refractivity contribution is 6.32. The maximum atomic E-state index is 13.5. The third-order valence-corrected chi connectivity index (χ3v) is 6.49. The van der Waals surface area contributed by atoms with E-state index >= 15 is 0 Å². The number of ether oxygens (including phenoxy) is 1. The molecule has 29 heavy (non-hydrogen) atoms. The minimum absolute atomic E-state index is 0.0489. The van der Waals surface area contributed by atoms with Gasteiger partial charge in [0.2, 0.25) is 0 Å². The Balaban J connectivity index is 1.63. The number of benzene rings is 2. The molecule has 0 saturated heterocycles. The van der Waals surface area contributed by atoms with Gasteiger partial charge in [-0.2, -0.15) is 0 Å². The molecule has 4 rings (SSSR count). The first-order chi connectivity index (χ1) is 13.9. The van der Waals surface area contributed by atoms with Gasteiger partial charge >= 0.3 is 0 Å². The van der Waals surface area contributed by atoms with Gasteiger partial charge in [0.05, 0.1) is 11.1 Å². The van der Waals surface area contributed by atoms with Crippen LogP contribution in [-0.4, -0.2) is 17.1 Å². The van der Waals surface area contributed by atoms with Crippen LogP contribution in [0, 0.1) is 5.82 Å². The lowest BCUT2D eigenvalue weighted by Crippen LogP contribution is -2.44. The van der Waals surface area contributed by atoms with Gasteiger partial charge in [0.25, 0.3) is 5.56 Å². The Labute approximate surface area is 173 Å². The van der Waals surface area contributed by atoms with Crippen LogP contribution in [0.25, 0.3) is 10.8 Å². The number of nitrogens with two attached hydrogens (primary N) is 1. The average Bonchev–Trinajstić information content (AvgIpc) is 3.14. The predicted octanol–water partition coefficient (Wildman–Crippen LogP) is 4.93. The Kier molecular flexibility index (Phi) is 5.36. The number of H-pyrrole nitrogens is 1. The molecule has 3 aromatic rings. The molecule has 1 heterocycles. The second-order valence-electron chi connectivity index (χ2n) is 7.84. The summed E-state index contributed by atoms with van der Waals surface area (Å²) in [6.07, 6.45) is 4.80. The van der Waals surface area contributed by atoms with E-state index in [1.165, 1.54) is 12.1 Å². The van der Waals surface area contributed by atoms with Crippen molar-refractivity contribution in [2.24, 2.45) is 5.73 Å². The van der Waals surface area contributed by atoms with Gasteiger partial charge in [0.15, 0.2) is 0 Å². The van der Waals surface area contributed by atoms with E-state index in [1.807, 2.05) is 24.3 Å². The Bertz CT molecular complexity index is 1080. The molecule has 3 atom stereocenters. The highest BCUT2D eigenvalue weighted by Crippen LogP contribution is 2.46. The second-order valence-corrected chi connectivity index (χ2v) is 8.24. The topological polar surface area (TPSA) is 68.1 Å². The lowest BCUT2D eigenvalue weighted by molar-refractivity contribution is 0.193. The molecule has 0 radical (unpaired) electrons. The molecule has 2 aromatic carbocycles. The number of fused-ring (bicyclic) bond motifs is 1. The van der Waals surface area contributed by atoms with Crippen molar-refractivity contribution in [1.82, 2.24) is 4.98 Å². The SMILES string of the molecule is CCC(N)C1(c2ccc(F)cc2)CCC(Oc2cc3cc[nH]c(=O)c3cc2Cl)C1. The van der Waals surface area contributed by atoms with E-state index in [9.17, 15) is 9.18 Å². The molecular weight excluding hydrogens is 391 g/mol. The molecule has 1 aliphatic carbocycles. The van der Waals surface area contributed by atoms with Crippen LogP contribution in [0.1, 0.15) is 38.2 Å². The fraction of sp³-hybridized carbons (Fsp3) is 0.348. The molecule has 0 amide bonds. The molecule has 0 bridgehead atoms. The van der Waals surface area contributed by atoms with Gasteiger partial charge in [-0.1, -0.05) is 30.7 Å². The normalized spacial score (nSPS) is 22.7. The number of halogens is 2. The van der Waals surface area contributed by atoms with Gasteiger partial charge in [-0.25, -0.2) is 4.39 Å². The number of pyridine rings is 1. The molecule has 1 aromatic heterocycles. The van der Waals surface area contributed by atoms with Crippen molar-refractivity contribution >= 4 is 22.4 Å². The van der Waals surface area contributed by atoms with E-state index in [-0.39, 0.29) is 28.9 Å². The van der Waals surface area contributed by atoms with E-state index in [0.717, 1.165) is 36.6 Å². The lowest BCUT2D eigenvalue weighted by atomic mass is 9.72. The van der Waals surface area contributed by atoms with Crippen LogP contribution in [0.15, 0.2) is 53.5 Å². The van der Waals surface area contributed by atoms with Crippen molar-refractivity contribution in [1.29, 1.82) is 0 Å². The molecule has 6 heteroatoms. The number of hydrogen-bond acceptors (Lipinski definition) is 3. The molecule has 152 valence electrons. The summed E-state index contributed by atoms with van der Waals surface area (Å²) < 4.78 is 19.7. The Morgan fingerprint density at radius 2 is 2.07 bits per heavy atom. The summed E-state index contributed by atoms with van der Waals surface area (Å²) in [7, 11) is 0. The van der Waals surface area contributed by atoms with E-state index in [1.54, 1.807) is 12.3 Å². The van der Waals surface area contributed by atoms with Gasteiger partial charge < -0.3 is 15.5 Å². The Morgan fingerprint density at radius 3 is 2.79 bits per heavy atom. The highest BCUT2D eigenvalue weighted by Gasteiger charge is 2.45. The van der Waals surface area contributed by atoms with Crippen molar-refractivity contribution in [3.8, 4) is 5.75 Å². The van der Waals surface area contributed by atoms with Gasteiger partial charge in [-0.15, -0.1) is 0 Å². The Hall–Kier alpha value is -2.37. The molecule has 1 fully saturated rings. The zero-order chi connectivity index (χ0) is 20.6. The molecule has 1 saturated carbocycles.